The number of hydrogen-bond donors (Lipinski definition) is 9. The number of aliphatic hydroxyl groups is 6. The Morgan fingerprint density at radius 3 is 1.45 bits per heavy atom. The number of hydrogen-bond acceptors (Lipinski definition) is 15. The number of rotatable bonds is 19. The van der Waals surface area contributed by atoms with E-state index in [9.17, 15) is 46.0 Å². The van der Waals surface area contributed by atoms with Gasteiger partial charge in [-0.2, -0.15) is 0 Å². The van der Waals surface area contributed by atoms with Gasteiger partial charge in [-0.3, -0.25) is 0 Å². The minimum Gasteiger partial charge on any atom is -0.504 e. The lowest BCUT2D eigenvalue weighted by atomic mass is 9.85. The van der Waals surface area contributed by atoms with E-state index in [1.54, 1.807) is 24.3 Å². The van der Waals surface area contributed by atoms with Crippen LogP contribution in [0, 0.1) is 0 Å². The predicted octanol–water partition coefficient (Wildman–Crippen LogP) is 3.81. The van der Waals surface area contributed by atoms with Crippen LogP contribution >= 0.6 is 0 Å². The van der Waals surface area contributed by atoms with Crippen molar-refractivity contribution in [3.05, 3.63) is 88.5 Å². The van der Waals surface area contributed by atoms with Gasteiger partial charge in [0.25, 0.3) is 0 Å². The van der Waals surface area contributed by atoms with Gasteiger partial charge in [-0.05, 0) is 70.8 Å². The summed E-state index contributed by atoms with van der Waals surface area (Å²) in [5, 5.41) is 96.8. The quantitative estimate of drug-likeness (QED) is 0.0658. The second-order valence-corrected chi connectivity index (χ2v) is 12.3. The third-order valence-corrected chi connectivity index (χ3v) is 9.05. The highest BCUT2D eigenvalue weighted by molar-refractivity contribution is 5.82. The van der Waals surface area contributed by atoms with Gasteiger partial charge in [0.05, 0.1) is 68.1 Å². The van der Waals surface area contributed by atoms with Crippen LogP contribution in [0.2, 0.25) is 0 Å². The Bertz CT molecular complexity index is 1980. The summed E-state index contributed by atoms with van der Waals surface area (Å²) in [6.07, 6.45) is 1.62. The fourth-order valence-corrected chi connectivity index (χ4v) is 6.17. The Morgan fingerprint density at radius 1 is 0.518 bits per heavy atom. The molecule has 0 amide bonds. The van der Waals surface area contributed by atoms with Crippen molar-refractivity contribution in [1.82, 2.24) is 0 Å². The summed E-state index contributed by atoms with van der Waals surface area (Å²) in [6.45, 7) is -1.92. The molecule has 302 valence electrons. The molecule has 15 nitrogen and oxygen atoms in total. The Kier molecular flexibility index (Phi) is 15.2. The molecule has 0 fully saturated rings. The highest BCUT2D eigenvalue weighted by Crippen LogP contribution is 2.49. The molecule has 0 bridgehead atoms. The van der Waals surface area contributed by atoms with Crippen molar-refractivity contribution in [2.24, 2.45) is 0 Å². The minimum atomic E-state index is -1.62. The van der Waals surface area contributed by atoms with Gasteiger partial charge >= 0.3 is 0 Å². The Morgan fingerprint density at radius 2 is 0.964 bits per heavy atom. The molecule has 0 saturated carbocycles. The molecule has 0 saturated heterocycles. The number of benzene rings is 4. The summed E-state index contributed by atoms with van der Waals surface area (Å²) in [5.41, 5.74) is 1.30. The number of phenols is 3. The zero-order valence-corrected chi connectivity index (χ0v) is 31.5. The lowest BCUT2D eigenvalue weighted by Crippen LogP contribution is -2.30. The highest BCUT2D eigenvalue weighted by Gasteiger charge is 2.32. The van der Waals surface area contributed by atoms with Gasteiger partial charge in [0.15, 0.2) is 52.1 Å². The fourth-order valence-electron chi connectivity index (χ4n) is 6.17. The maximum Gasteiger partial charge on any atom is 0.204 e. The lowest BCUT2D eigenvalue weighted by Gasteiger charge is -2.28. The van der Waals surface area contributed by atoms with Crippen LogP contribution in [0.3, 0.4) is 0 Å². The number of aliphatic hydroxyl groups excluding tert-OH is 6. The minimum absolute atomic E-state index is 0.0161. The molecule has 4 aromatic rings. The molecule has 4 rings (SSSR count). The van der Waals surface area contributed by atoms with Crippen molar-refractivity contribution in [3.8, 4) is 62.9 Å². The van der Waals surface area contributed by atoms with Crippen LogP contribution in [0.4, 0.5) is 0 Å². The van der Waals surface area contributed by atoms with E-state index < -0.39 is 43.2 Å². The first-order valence-electron chi connectivity index (χ1n) is 17.2. The standard InChI is InChI=1S/C41H48O15/c1-51-30-13-22(8-6-10-42)12-26(38(30)48)27-16-24(18-31(52-2)39(27)49)36(46)29(20-44)28-17-25(19-32(53-3)40(28)50)37(47)35(21-45)56-41-33(54-4)14-23(9-7-11-43)15-34(41)55-5/h6-9,12-19,29,35-37,42-50H,10-11,20-21H2,1-5H3/b8-6+,9-7+. The zero-order chi connectivity index (χ0) is 41.1. The molecule has 0 spiro atoms. The molecule has 0 radical (unpaired) electrons. The maximum atomic E-state index is 11.9. The summed E-state index contributed by atoms with van der Waals surface area (Å²) < 4.78 is 33.2. The highest BCUT2D eigenvalue weighted by atomic mass is 16.6. The average Bonchev–Trinajstić information content (AvgIpc) is 3.22. The molecule has 9 N–H and O–H groups in total. The molecular weight excluding hydrogens is 732 g/mol. The van der Waals surface area contributed by atoms with E-state index in [1.807, 2.05) is 0 Å². The van der Waals surface area contributed by atoms with Crippen molar-refractivity contribution < 1.29 is 74.4 Å². The molecule has 15 heteroatoms. The normalized spacial score (nSPS) is 13.7. The summed E-state index contributed by atoms with van der Waals surface area (Å²) in [7, 11) is 6.68. The second kappa shape index (κ2) is 19.8. The topological polar surface area (TPSA) is 237 Å². The summed E-state index contributed by atoms with van der Waals surface area (Å²) in [5.74, 6) is -2.22. The third-order valence-electron chi connectivity index (χ3n) is 9.05. The van der Waals surface area contributed by atoms with E-state index >= 15 is 0 Å². The summed E-state index contributed by atoms with van der Waals surface area (Å²) >= 11 is 0. The van der Waals surface area contributed by atoms with Crippen molar-refractivity contribution in [3.63, 3.8) is 0 Å². The number of aromatic hydroxyl groups is 3. The molecule has 0 aliphatic heterocycles. The van der Waals surface area contributed by atoms with E-state index in [4.69, 9.17) is 28.4 Å². The van der Waals surface area contributed by atoms with Crippen LogP contribution < -0.4 is 28.4 Å². The smallest absolute Gasteiger partial charge is 0.204 e. The molecule has 56 heavy (non-hydrogen) atoms. The first-order valence-corrected chi connectivity index (χ1v) is 17.2. The van der Waals surface area contributed by atoms with Gasteiger partial charge in [-0.15, -0.1) is 0 Å². The molecule has 0 aliphatic rings. The molecule has 0 aromatic heterocycles. The Labute approximate surface area is 323 Å². The van der Waals surface area contributed by atoms with Crippen LogP contribution in [0.25, 0.3) is 23.3 Å². The largest absolute Gasteiger partial charge is 0.504 e. The molecule has 0 heterocycles. The van der Waals surface area contributed by atoms with Crippen LogP contribution in [-0.4, -0.2) is 114 Å². The van der Waals surface area contributed by atoms with E-state index in [0.717, 1.165) is 0 Å². The van der Waals surface area contributed by atoms with Crippen LogP contribution in [-0.2, 0) is 0 Å². The van der Waals surface area contributed by atoms with Crippen LogP contribution in [0.15, 0.2) is 60.7 Å². The first kappa shape index (κ1) is 43.1. The predicted molar refractivity (Wildman–Crippen MR) is 206 cm³/mol. The van der Waals surface area contributed by atoms with Gasteiger partial charge in [0.2, 0.25) is 5.75 Å². The average molecular weight is 781 g/mol. The van der Waals surface area contributed by atoms with Gasteiger partial charge in [0, 0.05) is 22.6 Å². The lowest BCUT2D eigenvalue weighted by molar-refractivity contribution is -0.00187. The van der Waals surface area contributed by atoms with E-state index in [0.29, 0.717) is 11.1 Å². The van der Waals surface area contributed by atoms with Crippen LogP contribution in [0.5, 0.6) is 51.7 Å². The van der Waals surface area contributed by atoms with Gasteiger partial charge in [-0.1, -0.05) is 24.3 Å². The monoisotopic (exact) mass is 780 g/mol. The SMILES string of the molecule is COc1cc(/C=C/CO)cc(-c2cc(C(O)C(CO)c3cc(C(O)C(CO)Oc4c(OC)cc(/C=C/CO)cc4OC)cc(OC)c3O)cc(OC)c2O)c1O. The molecule has 4 aromatic carbocycles. The van der Waals surface area contributed by atoms with E-state index in [-0.39, 0.29) is 87.0 Å². The maximum absolute atomic E-state index is 11.9. The fraction of sp³-hybridized carbons (Fsp3) is 0.317. The summed E-state index contributed by atoms with van der Waals surface area (Å²) in [4.78, 5) is 0. The molecule has 4 atom stereocenters. The van der Waals surface area contributed by atoms with E-state index in [1.165, 1.54) is 84.1 Å². The van der Waals surface area contributed by atoms with Gasteiger partial charge in [0.1, 0.15) is 6.10 Å². The summed E-state index contributed by atoms with van der Waals surface area (Å²) in [6, 6.07) is 11.6. The number of phenolic OH excluding ortho intramolecular Hbond substituents is 3. The van der Waals surface area contributed by atoms with Crippen molar-refractivity contribution in [2.45, 2.75) is 24.2 Å². The molecular formula is C41H48O15. The molecule has 0 aliphatic carbocycles. The van der Waals surface area contributed by atoms with Crippen molar-refractivity contribution in [2.75, 3.05) is 62.0 Å². The first-order chi connectivity index (χ1) is 26.9. The Balaban J connectivity index is 1.81. The van der Waals surface area contributed by atoms with Gasteiger partial charge < -0.3 is 74.4 Å². The van der Waals surface area contributed by atoms with Crippen molar-refractivity contribution >= 4 is 12.2 Å². The second-order valence-electron chi connectivity index (χ2n) is 12.3. The third kappa shape index (κ3) is 9.22. The number of methoxy groups -OCH3 is 5. The van der Waals surface area contributed by atoms with Gasteiger partial charge in [-0.25, -0.2) is 0 Å². The van der Waals surface area contributed by atoms with Crippen LogP contribution in [0.1, 0.15) is 45.9 Å². The molecule has 4 unspecified atom stereocenters. The van der Waals surface area contributed by atoms with E-state index in [2.05, 4.69) is 0 Å². The zero-order valence-electron chi connectivity index (χ0n) is 31.5. The number of ether oxygens (including phenoxy) is 6. The van der Waals surface area contributed by atoms with Crippen molar-refractivity contribution in [1.29, 1.82) is 0 Å². The Hall–Kier alpha value is -5.68.